The number of hydrogen-bond donors (Lipinski definition) is 1. The number of hydrogen-bond acceptors (Lipinski definition) is 7. The molecule has 1 N–H and O–H groups in total. The van der Waals surface area contributed by atoms with Gasteiger partial charge < -0.3 is 9.64 Å². The average molecular weight is 775 g/mol. The van der Waals surface area contributed by atoms with Gasteiger partial charge >= 0.3 is 0 Å². The van der Waals surface area contributed by atoms with E-state index in [4.69, 9.17) is 33.0 Å². The lowest BCUT2D eigenvalue weighted by molar-refractivity contribution is 0.0303. The fourth-order valence-corrected chi connectivity index (χ4v) is 7.75. The molecule has 272 valence electrons. The Morgan fingerprint density at radius 1 is 0.981 bits per heavy atom. The molecule has 6 rings (SSSR count). The van der Waals surface area contributed by atoms with Crippen LogP contribution in [-0.2, 0) is 27.6 Å². The summed E-state index contributed by atoms with van der Waals surface area (Å²) in [5.41, 5.74) is 2.66. The highest BCUT2D eigenvalue weighted by atomic mass is 35.5. The van der Waals surface area contributed by atoms with E-state index in [0.29, 0.717) is 55.2 Å². The standard InChI is InChI=1S/C39H34Cl2FN5O5S/c1-2-3-11-34-30(36(24-43)47(44-34)35-23-27(15-16-32(35)41)39(49)46-17-19-52-20-18-46)21-26-14-13-25(22-33(26)42)28-8-5-7-12-37(28)53(50,51)45-38(48)29-9-4-6-10-31(29)40/h4-10,12-16,22-23H,2-3,11,17-21H2,1H3,(H,45,48). The maximum Gasteiger partial charge on any atom is 0.266 e. The van der Waals surface area contributed by atoms with Crippen LogP contribution in [0.5, 0.6) is 0 Å². The topological polar surface area (TPSA) is 134 Å². The van der Waals surface area contributed by atoms with E-state index in [1.807, 2.05) is 6.92 Å². The lowest BCUT2D eigenvalue weighted by Gasteiger charge is -2.27. The van der Waals surface area contributed by atoms with Gasteiger partial charge in [0, 0.05) is 36.2 Å². The summed E-state index contributed by atoms with van der Waals surface area (Å²) in [6, 6.07) is 23.4. The van der Waals surface area contributed by atoms with Crippen LogP contribution in [0.15, 0.2) is 89.8 Å². The van der Waals surface area contributed by atoms with Crippen molar-refractivity contribution >= 4 is 45.0 Å². The van der Waals surface area contributed by atoms with E-state index in [1.54, 1.807) is 47.4 Å². The normalized spacial score (nSPS) is 13.1. The molecule has 1 saturated heterocycles. The first kappa shape index (κ1) is 37.7. The third kappa shape index (κ3) is 8.14. The van der Waals surface area contributed by atoms with Crippen molar-refractivity contribution in [2.45, 2.75) is 37.5 Å². The fraction of sp³-hybridized carbons (Fsp3) is 0.231. The van der Waals surface area contributed by atoms with Gasteiger partial charge in [0.05, 0.1) is 45.1 Å². The number of carbonyl (C=O) groups is 2. The molecular weight excluding hydrogens is 740 g/mol. The van der Waals surface area contributed by atoms with Gasteiger partial charge in [-0.1, -0.05) is 79.0 Å². The summed E-state index contributed by atoms with van der Waals surface area (Å²) in [5, 5.41) is 15.6. The number of aryl methyl sites for hydroxylation is 1. The van der Waals surface area contributed by atoms with Crippen molar-refractivity contribution in [2.75, 3.05) is 26.3 Å². The second-order valence-corrected chi connectivity index (χ2v) is 14.8. The number of rotatable bonds is 11. The van der Waals surface area contributed by atoms with Crippen molar-refractivity contribution in [3.05, 3.63) is 134 Å². The molecule has 53 heavy (non-hydrogen) atoms. The molecule has 1 aliphatic heterocycles. The quantitative estimate of drug-likeness (QED) is 0.148. The lowest BCUT2D eigenvalue weighted by Crippen LogP contribution is -2.40. The molecule has 0 aliphatic carbocycles. The fourth-order valence-electron chi connectivity index (χ4n) is 6.14. The average Bonchev–Trinajstić information content (AvgIpc) is 3.51. The van der Waals surface area contributed by atoms with E-state index < -0.39 is 21.7 Å². The first-order chi connectivity index (χ1) is 25.5. The molecule has 2 heterocycles. The number of amides is 2. The third-order valence-corrected chi connectivity index (χ3v) is 11.0. The van der Waals surface area contributed by atoms with Crippen molar-refractivity contribution in [1.82, 2.24) is 19.4 Å². The van der Waals surface area contributed by atoms with E-state index in [9.17, 15) is 23.3 Å². The predicted molar refractivity (Wildman–Crippen MR) is 199 cm³/mol. The summed E-state index contributed by atoms with van der Waals surface area (Å²) >= 11 is 12.7. The molecule has 1 fully saturated rings. The van der Waals surface area contributed by atoms with E-state index in [0.717, 1.165) is 12.8 Å². The molecule has 5 aromatic rings. The maximum atomic E-state index is 16.0. The molecule has 0 saturated carbocycles. The highest BCUT2D eigenvalue weighted by molar-refractivity contribution is 7.90. The summed E-state index contributed by atoms with van der Waals surface area (Å²) < 4.78 is 51.8. The van der Waals surface area contributed by atoms with Gasteiger partial charge in [-0.15, -0.1) is 0 Å². The van der Waals surface area contributed by atoms with Crippen LogP contribution in [0.4, 0.5) is 4.39 Å². The minimum atomic E-state index is -4.41. The van der Waals surface area contributed by atoms with Crippen LogP contribution in [-0.4, -0.2) is 61.2 Å². The molecule has 1 aliphatic rings. The molecular formula is C39H34Cl2FN5O5S. The highest BCUT2D eigenvalue weighted by Crippen LogP contribution is 2.32. The molecule has 0 radical (unpaired) electrons. The Kier molecular flexibility index (Phi) is 11.6. The molecule has 0 unspecified atom stereocenters. The van der Waals surface area contributed by atoms with Gasteiger partial charge in [-0.3, -0.25) is 9.59 Å². The first-order valence-electron chi connectivity index (χ1n) is 16.9. The van der Waals surface area contributed by atoms with Gasteiger partial charge in [0.1, 0.15) is 17.6 Å². The monoisotopic (exact) mass is 773 g/mol. The Labute approximate surface area is 316 Å². The van der Waals surface area contributed by atoms with Gasteiger partial charge in [0.2, 0.25) is 0 Å². The zero-order chi connectivity index (χ0) is 37.7. The number of ether oxygens (including phenoxy) is 1. The van der Waals surface area contributed by atoms with Crippen molar-refractivity contribution in [2.24, 2.45) is 0 Å². The molecule has 0 spiro atoms. The van der Waals surface area contributed by atoms with Crippen molar-refractivity contribution in [1.29, 1.82) is 5.26 Å². The Balaban J connectivity index is 1.33. The molecule has 1 aromatic heterocycles. The number of unbranched alkanes of at least 4 members (excludes halogenated alkanes) is 1. The Hall–Kier alpha value is -5.06. The van der Waals surface area contributed by atoms with Gasteiger partial charge in [-0.05, 0) is 66.4 Å². The van der Waals surface area contributed by atoms with Gasteiger partial charge in [-0.2, -0.15) is 10.4 Å². The van der Waals surface area contributed by atoms with Crippen LogP contribution in [0.1, 0.15) is 63.0 Å². The number of benzene rings is 4. The molecule has 0 atom stereocenters. The second-order valence-electron chi connectivity index (χ2n) is 12.4. The number of nitrogens with one attached hydrogen (secondary N) is 1. The lowest BCUT2D eigenvalue weighted by atomic mass is 9.97. The smallest absolute Gasteiger partial charge is 0.266 e. The van der Waals surface area contributed by atoms with Gasteiger partial charge in [0.25, 0.3) is 21.8 Å². The van der Waals surface area contributed by atoms with Crippen molar-refractivity contribution in [3.8, 4) is 22.9 Å². The van der Waals surface area contributed by atoms with Gasteiger partial charge in [-0.25, -0.2) is 22.2 Å². The summed E-state index contributed by atoms with van der Waals surface area (Å²) in [6.45, 7) is 3.83. The first-order valence-corrected chi connectivity index (χ1v) is 19.1. The SMILES string of the molecule is CCCCc1nn(-c2cc(C(=O)N3CCOCC3)ccc2Cl)c(C#N)c1Cc1ccc(-c2ccccc2S(=O)(=O)NC(=O)c2ccccc2Cl)cc1F. The van der Waals surface area contributed by atoms with Crippen LogP contribution in [0.3, 0.4) is 0 Å². The van der Waals surface area contributed by atoms with E-state index >= 15 is 4.39 Å². The minimum Gasteiger partial charge on any atom is -0.378 e. The molecule has 10 nitrogen and oxygen atoms in total. The third-order valence-electron chi connectivity index (χ3n) is 8.91. The second kappa shape index (κ2) is 16.3. The Morgan fingerprint density at radius 3 is 2.43 bits per heavy atom. The van der Waals surface area contributed by atoms with Crippen molar-refractivity contribution < 1.29 is 27.1 Å². The summed E-state index contributed by atoms with van der Waals surface area (Å²) in [5.74, 6) is -1.73. The van der Waals surface area contributed by atoms with E-state index in [2.05, 4.69) is 10.8 Å². The van der Waals surface area contributed by atoms with Crippen LogP contribution in [0.2, 0.25) is 10.0 Å². The molecule has 2 amide bonds. The number of halogens is 3. The predicted octanol–water partition coefficient (Wildman–Crippen LogP) is 7.38. The minimum absolute atomic E-state index is 0.00586. The number of nitrogens with zero attached hydrogens (tertiary/aromatic N) is 4. The van der Waals surface area contributed by atoms with Crippen LogP contribution in [0, 0.1) is 17.1 Å². The number of aromatic nitrogens is 2. The maximum absolute atomic E-state index is 16.0. The van der Waals surface area contributed by atoms with Crippen LogP contribution in [0.25, 0.3) is 16.8 Å². The molecule has 0 bridgehead atoms. The highest BCUT2D eigenvalue weighted by Gasteiger charge is 2.26. The zero-order valence-electron chi connectivity index (χ0n) is 28.6. The van der Waals surface area contributed by atoms with E-state index in [-0.39, 0.29) is 55.2 Å². The van der Waals surface area contributed by atoms with E-state index in [1.165, 1.54) is 47.1 Å². The largest absolute Gasteiger partial charge is 0.378 e. The Morgan fingerprint density at radius 2 is 1.72 bits per heavy atom. The molecule has 4 aromatic carbocycles. The number of sulfonamides is 1. The summed E-state index contributed by atoms with van der Waals surface area (Å²) in [4.78, 5) is 27.6. The van der Waals surface area contributed by atoms with Crippen LogP contribution < -0.4 is 4.72 Å². The zero-order valence-corrected chi connectivity index (χ0v) is 30.9. The number of morpholine rings is 1. The van der Waals surface area contributed by atoms with Crippen molar-refractivity contribution in [3.63, 3.8) is 0 Å². The summed E-state index contributed by atoms with van der Waals surface area (Å²) in [6.07, 6.45) is 2.13. The van der Waals surface area contributed by atoms with Gasteiger partial charge in [0.15, 0.2) is 0 Å². The number of nitriles is 1. The Bertz CT molecular complexity index is 2350. The number of carbonyl (C=O) groups excluding carboxylic acids is 2. The van der Waals surface area contributed by atoms with Crippen LogP contribution >= 0.6 is 23.2 Å². The summed E-state index contributed by atoms with van der Waals surface area (Å²) in [7, 11) is -4.41. The molecule has 14 heteroatoms.